The topological polar surface area (TPSA) is 12.9 Å². The molecule has 0 aliphatic carbocycles. The molecule has 0 amide bonds. The summed E-state index contributed by atoms with van der Waals surface area (Å²) in [6.07, 6.45) is 5.47. The highest BCUT2D eigenvalue weighted by molar-refractivity contribution is 5.03. The van der Waals surface area contributed by atoms with E-state index in [0.717, 1.165) is 6.42 Å². The van der Waals surface area contributed by atoms with Gasteiger partial charge in [0.25, 0.3) is 0 Å². The van der Waals surface area contributed by atoms with E-state index in [9.17, 15) is 0 Å². The Hall–Kier alpha value is -0.850. The van der Waals surface area contributed by atoms with E-state index < -0.39 is 0 Å². The third-order valence-electron chi connectivity index (χ3n) is 1.51. The van der Waals surface area contributed by atoms with Crippen molar-refractivity contribution in [2.75, 3.05) is 0 Å². The van der Waals surface area contributed by atoms with Gasteiger partial charge in [-0.1, -0.05) is 33.3 Å². The number of aromatic nitrogens is 1. The third kappa shape index (κ3) is 4.89. The molecule has 0 bridgehead atoms. The minimum Gasteiger partial charge on any atom is -0.261 e. The van der Waals surface area contributed by atoms with Crippen LogP contribution in [0.1, 0.15) is 39.3 Å². The van der Waals surface area contributed by atoms with Crippen LogP contribution >= 0.6 is 0 Å². The quantitative estimate of drug-likeness (QED) is 0.668. The highest BCUT2D eigenvalue weighted by atomic mass is 14.7. The van der Waals surface area contributed by atoms with E-state index in [2.05, 4.69) is 18.0 Å². The largest absolute Gasteiger partial charge is 0.261 e. The Morgan fingerprint density at radius 1 is 1.25 bits per heavy atom. The van der Waals surface area contributed by atoms with Gasteiger partial charge in [0, 0.05) is 11.9 Å². The molecule has 0 atom stereocenters. The van der Waals surface area contributed by atoms with Gasteiger partial charge in [-0.2, -0.15) is 0 Å². The summed E-state index contributed by atoms with van der Waals surface area (Å²) in [5.41, 5.74) is 1.21. The van der Waals surface area contributed by atoms with Crippen molar-refractivity contribution in [3.8, 4) is 0 Å². The van der Waals surface area contributed by atoms with Crippen molar-refractivity contribution in [3.05, 3.63) is 30.1 Å². The monoisotopic (exact) mass is 165 g/mol. The van der Waals surface area contributed by atoms with E-state index in [-0.39, 0.29) is 0 Å². The minimum atomic E-state index is 1.12. The Morgan fingerprint density at radius 2 is 2.00 bits per heavy atom. The van der Waals surface area contributed by atoms with Crippen LogP contribution in [0.15, 0.2) is 24.4 Å². The second kappa shape index (κ2) is 8.25. The molecule has 0 aliphatic heterocycles. The van der Waals surface area contributed by atoms with Gasteiger partial charge in [0.15, 0.2) is 0 Å². The standard InChI is InChI=1S/C9H13N.C2H6/c1-2-3-6-9-7-4-5-8-10-9;1-2/h4-5,7-8H,2-3,6H2,1H3;1-2H3. The van der Waals surface area contributed by atoms with Crippen LogP contribution in [0, 0.1) is 0 Å². The molecule has 0 spiro atoms. The fourth-order valence-corrected chi connectivity index (χ4v) is 0.904. The molecule has 1 rings (SSSR count). The van der Waals surface area contributed by atoms with Crippen LogP contribution in [0.3, 0.4) is 0 Å². The molecule has 1 aromatic rings. The number of aryl methyl sites for hydroxylation is 1. The molecular weight excluding hydrogens is 146 g/mol. The maximum atomic E-state index is 4.22. The van der Waals surface area contributed by atoms with Crippen LogP contribution in [-0.4, -0.2) is 4.98 Å². The van der Waals surface area contributed by atoms with Crippen LogP contribution in [-0.2, 0) is 6.42 Å². The molecule has 0 fully saturated rings. The Balaban J connectivity index is 0.000000561. The third-order valence-corrected chi connectivity index (χ3v) is 1.51. The average molecular weight is 165 g/mol. The average Bonchev–Trinajstić information content (AvgIpc) is 2.19. The van der Waals surface area contributed by atoms with Crippen molar-refractivity contribution in [1.29, 1.82) is 0 Å². The van der Waals surface area contributed by atoms with Crippen molar-refractivity contribution in [1.82, 2.24) is 4.98 Å². The van der Waals surface area contributed by atoms with Crippen LogP contribution in [0.4, 0.5) is 0 Å². The SMILES string of the molecule is CC.CCCCc1ccccn1. The number of rotatable bonds is 3. The number of pyridine rings is 1. The van der Waals surface area contributed by atoms with E-state index >= 15 is 0 Å². The lowest BCUT2D eigenvalue weighted by Gasteiger charge is -1.95. The van der Waals surface area contributed by atoms with E-state index in [1.165, 1.54) is 18.5 Å². The zero-order valence-corrected chi connectivity index (χ0v) is 8.38. The van der Waals surface area contributed by atoms with Crippen molar-refractivity contribution < 1.29 is 0 Å². The highest BCUT2D eigenvalue weighted by Crippen LogP contribution is 1.99. The summed E-state index contributed by atoms with van der Waals surface area (Å²) in [5, 5.41) is 0. The summed E-state index contributed by atoms with van der Waals surface area (Å²) < 4.78 is 0. The van der Waals surface area contributed by atoms with Crippen molar-refractivity contribution >= 4 is 0 Å². The van der Waals surface area contributed by atoms with E-state index in [0.29, 0.717) is 0 Å². The molecule has 1 aromatic heterocycles. The molecular formula is C11H19N. The second-order valence-electron chi connectivity index (χ2n) is 2.42. The molecule has 0 aliphatic rings. The van der Waals surface area contributed by atoms with Crippen molar-refractivity contribution in [3.63, 3.8) is 0 Å². The number of hydrogen-bond donors (Lipinski definition) is 0. The lowest BCUT2D eigenvalue weighted by atomic mass is 10.2. The van der Waals surface area contributed by atoms with Gasteiger partial charge in [0.05, 0.1) is 0 Å². The Kier molecular flexibility index (Phi) is 7.66. The first-order chi connectivity index (χ1) is 5.93. The number of hydrogen-bond acceptors (Lipinski definition) is 1. The summed E-state index contributed by atoms with van der Waals surface area (Å²) >= 11 is 0. The zero-order valence-electron chi connectivity index (χ0n) is 8.38. The molecule has 68 valence electrons. The van der Waals surface area contributed by atoms with Crippen LogP contribution in [0.25, 0.3) is 0 Å². The highest BCUT2D eigenvalue weighted by Gasteiger charge is 1.88. The summed E-state index contributed by atoms with van der Waals surface area (Å²) in [5.74, 6) is 0. The summed E-state index contributed by atoms with van der Waals surface area (Å²) in [4.78, 5) is 4.22. The first kappa shape index (κ1) is 11.2. The first-order valence-corrected chi connectivity index (χ1v) is 4.83. The van der Waals surface area contributed by atoms with E-state index in [1.807, 2.05) is 32.2 Å². The molecule has 12 heavy (non-hydrogen) atoms. The molecule has 0 aromatic carbocycles. The summed E-state index contributed by atoms with van der Waals surface area (Å²) in [7, 11) is 0. The molecule has 1 heterocycles. The Morgan fingerprint density at radius 3 is 2.50 bits per heavy atom. The minimum absolute atomic E-state index is 1.12. The lowest BCUT2D eigenvalue weighted by Crippen LogP contribution is -1.86. The van der Waals surface area contributed by atoms with Gasteiger partial charge in [-0.25, -0.2) is 0 Å². The normalized spacial score (nSPS) is 8.58. The molecule has 0 N–H and O–H groups in total. The molecule has 0 saturated heterocycles. The van der Waals surface area contributed by atoms with Gasteiger partial charge in [-0.3, -0.25) is 4.98 Å². The first-order valence-electron chi connectivity index (χ1n) is 4.83. The zero-order chi connectivity index (χ0) is 9.23. The molecule has 1 nitrogen and oxygen atoms in total. The predicted octanol–water partition coefficient (Wildman–Crippen LogP) is 3.45. The summed E-state index contributed by atoms with van der Waals surface area (Å²) in [6, 6.07) is 6.07. The van der Waals surface area contributed by atoms with Gasteiger partial charge in [-0.05, 0) is 25.0 Å². The molecule has 0 saturated carbocycles. The van der Waals surface area contributed by atoms with Crippen molar-refractivity contribution in [2.45, 2.75) is 40.0 Å². The van der Waals surface area contributed by atoms with Crippen LogP contribution in [0.2, 0.25) is 0 Å². The Labute approximate surface area is 75.8 Å². The van der Waals surface area contributed by atoms with Crippen LogP contribution in [0.5, 0.6) is 0 Å². The second-order valence-corrected chi connectivity index (χ2v) is 2.42. The smallest absolute Gasteiger partial charge is 0.0403 e. The maximum Gasteiger partial charge on any atom is 0.0403 e. The lowest BCUT2D eigenvalue weighted by molar-refractivity contribution is 0.777. The fraction of sp³-hybridized carbons (Fsp3) is 0.545. The van der Waals surface area contributed by atoms with Gasteiger partial charge >= 0.3 is 0 Å². The van der Waals surface area contributed by atoms with E-state index in [4.69, 9.17) is 0 Å². The number of nitrogens with zero attached hydrogens (tertiary/aromatic N) is 1. The van der Waals surface area contributed by atoms with Gasteiger partial charge in [-0.15, -0.1) is 0 Å². The molecule has 0 unspecified atom stereocenters. The van der Waals surface area contributed by atoms with Gasteiger partial charge in [0.2, 0.25) is 0 Å². The van der Waals surface area contributed by atoms with Gasteiger partial charge in [0.1, 0.15) is 0 Å². The Bertz CT molecular complexity index is 170. The fourth-order valence-electron chi connectivity index (χ4n) is 0.904. The maximum absolute atomic E-state index is 4.22. The van der Waals surface area contributed by atoms with E-state index in [1.54, 1.807) is 0 Å². The predicted molar refractivity (Wildman–Crippen MR) is 54.2 cm³/mol. The van der Waals surface area contributed by atoms with Gasteiger partial charge < -0.3 is 0 Å². The molecule has 1 heteroatoms. The molecule has 0 radical (unpaired) electrons. The number of unbranched alkanes of at least 4 members (excludes halogenated alkanes) is 1. The summed E-state index contributed by atoms with van der Waals surface area (Å²) in [6.45, 7) is 6.20. The van der Waals surface area contributed by atoms with Crippen LogP contribution < -0.4 is 0 Å². The van der Waals surface area contributed by atoms with Crippen molar-refractivity contribution in [2.24, 2.45) is 0 Å².